The minimum atomic E-state index is 0.0180. The molecule has 164 valence electrons. The molecule has 0 unspecified atom stereocenters. The number of aliphatic imine (C=N–C) groups is 1. The van der Waals surface area contributed by atoms with Gasteiger partial charge in [-0.25, -0.2) is 4.99 Å². The maximum atomic E-state index is 10.9. The third-order valence-corrected chi connectivity index (χ3v) is 5.79. The highest BCUT2D eigenvalue weighted by atomic mass is 16.5. The van der Waals surface area contributed by atoms with Gasteiger partial charge < -0.3 is 19.7 Å². The van der Waals surface area contributed by atoms with Gasteiger partial charge in [-0.3, -0.25) is 0 Å². The summed E-state index contributed by atoms with van der Waals surface area (Å²) in [4.78, 5) is 10.1. The lowest BCUT2D eigenvalue weighted by atomic mass is 9.98. The Morgan fingerprint density at radius 1 is 1.12 bits per heavy atom. The van der Waals surface area contributed by atoms with Gasteiger partial charge in [0.2, 0.25) is 0 Å². The number of hydrogen-bond acceptors (Lipinski definition) is 5. The lowest BCUT2D eigenvalue weighted by Gasteiger charge is -2.11. The number of hydrogen-bond donors (Lipinski definition) is 2. The summed E-state index contributed by atoms with van der Waals surface area (Å²) < 4.78 is 5.79. The summed E-state index contributed by atoms with van der Waals surface area (Å²) in [5.74, 6) is 0.872. The Kier molecular flexibility index (Phi) is 5.33. The van der Waals surface area contributed by atoms with Crippen LogP contribution in [0.15, 0.2) is 65.7 Å². The molecule has 0 saturated heterocycles. The molecule has 33 heavy (non-hydrogen) atoms. The van der Waals surface area contributed by atoms with E-state index in [-0.39, 0.29) is 5.88 Å². The van der Waals surface area contributed by atoms with Crippen LogP contribution < -0.4 is 4.74 Å². The Morgan fingerprint density at radius 2 is 1.94 bits per heavy atom. The van der Waals surface area contributed by atoms with Crippen LogP contribution in [0.5, 0.6) is 11.6 Å². The van der Waals surface area contributed by atoms with E-state index in [4.69, 9.17) is 9.73 Å². The molecule has 0 fully saturated rings. The number of aromatic hydroxyl groups is 1. The van der Waals surface area contributed by atoms with Crippen molar-refractivity contribution in [3.63, 3.8) is 0 Å². The van der Waals surface area contributed by atoms with Crippen LogP contribution in [-0.4, -0.2) is 41.4 Å². The number of fused-ring (bicyclic) bond motifs is 2. The molecule has 3 aromatic carbocycles. The topological polar surface area (TPSA) is 84.6 Å². The van der Waals surface area contributed by atoms with Gasteiger partial charge in [-0.15, -0.1) is 0 Å². The average molecular weight is 437 g/mol. The smallest absolute Gasteiger partial charge is 0.199 e. The number of nitrogens with one attached hydrogen (secondary N) is 1. The molecule has 1 aromatic heterocycles. The van der Waals surface area contributed by atoms with Crippen molar-refractivity contribution in [2.75, 3.05) is 20.7 Å². The van der Waals surface area contributed by atoms with E-state index in [0.717, 1.165) is 35.4 Å². The van der Waals surface area contributed by atoms with Crippen molar-refractivity contribution in [1.29, 1.82) is 5.26 Å². The van der Waals surface area contributed by atoms with Crippen LogP contribution in [0.25, 0.3) is 10.9 Å². The molecule has 0 saturated carbocycles. The highest BCUT2D eigenvalue weighted by Gasteiger charge is 2.21. The predicted molar refractivity (Wildman–Crippen MR) is 129 cm³/mol. The molecule has 2 N–H and O–H groups in total. The molecular formula is C27H24N4O2. The number of rotatable bonds is 5. The molecule has 4 aromatic rings. The Balaban J connectivity index is 1.67. The SMILES string of the molecule is CN(C)Cc1ccc(N=C(c2ccc3c(c2)OCC3)c2c(O)[nH]c3cc(C#N)ccc23)cc1. The van der Waals surface area contributed by atoms with Gasteiger partial charge in [0.1, 0.15) is 5.75 Å². The van der Waals surface area contributed by atoms with Crippen LogP contribution in [0, 0.1) is 11.3 Å². The number of aromatic nitrogens is 1. The van der Waals surface area contributed by atoms with Gasteiger partial charge in [-0.2, -0.15) is 5.26 Å². The Morgan fingerprint density at radius 3 is 2.70 bits per heavy atom. The van der Waals surface area contributed by atoms with Crippen LogP contribution in [0.2, 0.25) is 0 Å². The normalized spacial score (nSPS) is 13.2. The van der Waals surface area contributed by atoms with Crippen LogP contribution in [0.3, 0.4) is 0 Å². The van der Waals surface area contributed by atoms with Crippen LogP contribution in [-0.2, 0) is 13.0 Å². The molecule has 1 aliphatic heterocycles. The van der Waals surface area contributed by atoms with E-state index in [1.807, 2.05) is 44.4 Å². The van der Waals surface area contributed by atoms with Crippen molar-refractivity contribution in [2.45, 2.75) is 13.0 Å². The zero-order chi connectivity index (χ0) is 22.9. The number of nitriles is 1. The van der Waals surface area contributed by atoms with Crippen LogP contribution >= 0.6 is 0 Å². The second kappa shape index (κ2) is 8.45. The molecule has 0 amide bonds. The maximum absolute atomic E-state index is 10.9. The Bertz CT molecular complexity index is 1410. The minimum absolute atomic E-state index is 0.0180. The summed E-state index contributed by atoms with van der Waals surface area (Å²) in [6, 6.07) is 21.7. The largest absolute Gasteiger partial charge is 0.494 e. The summed E-state index contributed by atoms with van der Waals surface area (Å²) in [5.41, 5.74) is 6.47. The van der Waals surface area contributed by atoms with E-state index in [0.29, 0.717) is 29.0 Å². The first-order valence-electron chi connectivity index (χ1n) is 10.9. The number of benzene rings is 3. The van der Waals surface area contributed by atoms with Gasteiger partial charge in [0.05, 0.1) is 40.7 Å². The standard InChI is InChI=1S/C27H24N4O2/c1-31(2)16-17-3-8-21(9-4-17)29-26(20-7-6-19-11-12-33-24(19)14-20)25-22-10-5-18(15-28)13-23(22)30-27(25)32/h3-10,13-14,30,32H,11-12,16H2,1-2H3. The number of aromatic amines is 1. The highest BCUT2D eigenvalue weighted by Crippen LogP contribution is 2.34. The number of ether oxygens (including phenoxy) is 1. The van der Waals surface area contributed by atoms with Gasteiger partial charge in [0.25, 0.3) is 0 Å². The zero-order valence-electron chi connectivity index (χ0n) is 18.6. The molecule has 0 spiro atoms. The van der Waals surface area contributed by atoms with Gasteiger partial charge in [-0.1, -0.05) is 30.3 Å². The first-order chi connectivity index (χ1) is 16.0. The van der Waals surface area contributed by atoms with E-state index in [9.17, 15) is 10.4 Å². The van der Waals surface area contributed by atoms with Crippen molar-refractivity contribution < 1.29 is 9.84 Å². The van der Waals surface area contributed by atoms with Crippen molar-refractivity contribution in [3.05, 3.63) is 88.5 Å². The summed E-state index contributed by atoms with van der Waals surface area (Å²) in [6.45, 7) is 1.53. The second-order valence-electron chi connectivity index (χ2n) is 8.51. The summed E-state index contributed by atoms with van der Waals surface area (Å²) in [7, 11) is 4.08. The molecule has 2 heterocycles. The summed E-state index contributed by atoms with van der Waals surface area (Å²) in [5, 5.41) is 20.9. The zero-order valence-corrected chi connectivity index (χ0v) is 18.6. The second-order valence-corrected chi connectivity index (χ2v) is 8.51. The van der Waals surface area contributed by atoms with Crippen molar-refractivity contribution in [3.8, 4) is 17.7 Å². The molecule has 6 heteroatoms. The lowest BCUT2D eigenvalue weighted by molar-refractivity contribution is 0.357. The van der Waals surface area contributed by atoms with Gasteiger partial charge in [-0.05, 0) is 55.6 Å². The number of nitrogens with zero attached hydrogens (tertiary/aromatic N) is 3. The summed E-state index contributed by atoms with van der Waals surface area (Å²) in [6.07, 6.45) is 0.894. The Hall–Kier alpha value is -4.08. The van der Waals surface area contributed by atoms with Crippen LogP contribution in [0.4, 0.5) is 5.69 Å². The molecule has 0 aliphatic carbocycles. The molecule has 0 bridgehead atoms. The van der Waals surface area contributed by atoms with Crippen molar-refractivity contribution in [2.24, 2.45) is 4.99 Å². The van der Waals surface area contributed by atoms with Gasteiger partial charge in [0, 0.05) is 23.9 Å². The minimum Gasteiger partial charge on any atom is -0.494 e. The number of H-pyrrole nitrogens is 1. The van der Waals surface area contributed by atoms with E-state index >= 15 is 0 Å². The first-order valence-corrected chi connectivity index (χ1v) is 10.9. The molecule has 0 radical (unpaired) electrons. The van der Waals surface area contributed by atoms with Gasteiger partial charge >= 0.3 is 0 Å². The van der Waals surface area contributed by atoms with E-state index in [1.54, 1.807) is 12.1 Å². The molecular weight excluding hydrogens is 412 g/mol. The molecule has 0 atom stereocenters. The molecule has 6 nitrogen and oxygen atoms in total. The van der Waals surface area contributed by atoms with E-state index < -0.39 is 0 Å². The quantitative estimate of drug-likeness (QED) is 0.435. The predicted octanol–water partition coefficient (Wildman–Crippen LogP) is 4.91. The van der Waals surface area contributed by atoms with Gasteiger partial charge in [0.15, 0.2) is 5.88 Å². The van der Waals surface area contributed by atoms with Crippen molar-refractivity contribution in [1.82, 2.24) is 9.88 Å². The van der Waals surface area contributed by atoms with Crippen LogP contribution in [0.1, 0.15) is 27.8 Å². The Labute approximate surface area is 192 Å². The molecule has 5 rings (SSSR count). The maximum Gasteiger partial charge on any atom is 0.199 e. The van der Waals surface area contributed by atoms with E-state index in [2.05, 4.69) is 34.2 Å². The highest BCUT2D eigenvalue weighted by molar-refractivity contribution is 6.22. The lowest BCUT2D eigenvalue weighted by Crippen LogP contribution is -2.10. The third-order valence-electron chi connectivity index (χ3n) is 5.79. The third kappa shape index (κ3) is 4.07. The fourth-order valence-corrected chi connectivity index (χ4v) is 4.24. The van der Waals surface area contributed by atoms with E-state index in [1.165, 1.54) is 11.1 Å². The average Bonchev–Trinajstić information content (AvgIpc) is 3.40. The monoisotopic (exact) mass is 436 g/mol. The molecule has 1 aliphatic rings. The first kappa shape index (κ1) is 20.8. The van der Waals surface area contributed by atoms with Crippen molar-refractivity contribution >= 4 is 22.3 Å². The summed E-state index contributed by atoms with van der Waals surface area (Å²) >= 11 is 0. The fraction of sp³-hybridized carbons (Fsp3) is 0.185. The fourth-order valence-electron chi connectivity index (χ4n) is 4.24.